The van der Waals surface area contributed by atoms with Gasteiger partial charge in [0.1, 0.15) is 0 Å². The second-order valence-electron chi connectivity index (χ2n) is 9.49. The highest BCUT2D eigenvalue weighted by molar-refractivity contribution is 6.04. The van der Waals surface area contributed by atoms with Gasteiger partial charge in [0, 0.05) is 49.3 Å². The minimum atomic E-state index is -0.328. The quantitative estimate of drug-likeness (QED) is 0.683. The van der Waals surface area contributed by atoms with E-state index >= 15 is 0 Å². The summed E-state index contributed by atoms with van der Waals surface area (Å²) in [6.07, 6.45) is 5.17. The average Bonchev–Trinajstić information content (AvgIpc) is 3.17. The normalized spacial score (nSPS) is 26.4. The summed E-state index contributed by atoms with van der Waals surface area (Å²) in [4.78, 5) is 39.3. The zero-order valence-electron chi connectivity index (χ0n) is 17.8. The highest BCUT2D eigenvalue weighted by Gasteiger charge is 2.48. The number of aromatic amines is 1. The molecule has 8 heteroatoms. The van der Waals surface area contributed by atoms with Gasteiger partial charge >= 0.3 is 0 Å². The van der Waals surface area contributed by atoms with E-state index in [1.165, 1.54) is 6.92 Å². The van der Waals surface area contributed by atoms with Crippen molar-refractivity contribution in [3.8, 4) is 0 Å². The van der Waals surface area contributed by atoms with E-state index in [1.807, 2.05) is 29.2 Å². The van der Waals surface area contributed by atoms with Crippen LogP contribution < -0.4 is 10.6 Å². The molecule has 0 radical (unpaired) electrons. The second-order valence-corrected chi connectivity index (χ2v) is 9.49. The van der Waals surface area contributed by atoms with Gasteiger partial charge in [-0.1, -0.05) is 24.6 Å². The molecule has 3 unspecified atom stereocenters. The van der Waals surface area contributed by atoms with E-state index in [0.29, 0.717) is 24.6 Å². The monoisotopic (exact) mass is 423 g/mol. The summed E-state index contributed by atoms with van der Waals surface area (Å²) in [6, 6.07) is 7.67. The molecule has 2 aromatic rings. The lowest BCUT2D eigenvalue weighted by molar-refractivity contribution is -0.131. The van der Waals surface area contributed by atoms with Gasteiger partial charge in [-0.15, -0.1) is 0 Å². The van der Waals surface area contributed by atoms with Crippen molar-refractivity contribution in [3.05, 3.63) is 30.0 Å². The van der Waals surface area contributed by atoms with Crippen LogP contribution in [0.25, 0.3) is 10.9 Å². The Kier molecular flexibility index (Phi) is 4.95. The van der Waals surface area contributed by atoms with Crippen LogP contribution in [-0.2, 0) is 9.59 Å². The fourth-order valence-electron chi connectivity index (χ4n) is 5.50. The molecule has 3 amide bonds. The minimum absolute atomic E-state index is 0.0461. The van der Waals surface area contributed by atoms with Crippen LogP contribution in [0, 0.1) is 11.8 Å². The number of fused-ring (bicyclic) bond motifs is 2. The number of hydrogen-bond acceptors (Lipinski definition) is 4. The number of rotatable bonds is 5. The highest BCUT2D eigenvalue weighted by atomic mass is 16.2. The Morgan fingerprint density at radius 3 is 2.77 bits per heavy atom. The summed E-state index contributed by atoms with van der Waals surface area (Å²) >= 11 is 0. The van der Waals surface area contributed by atoms with Gasteiger partial charge in [-0.05, 0) is 37.7 Å². The van der Waals surface area contributed by atoms with Crippen molar-refractivity contribution in [3.63, 3.8) is 0 Å². The second kappa shape index (κ2) is 7.66. The summed E-state index contributed by atoms with van der Waals surface area (Å²) in [5.74, 6) is 0.561. The van der Waals surface area contributed by atoms with Gasteiger partial charge in [-0.3, -0.25) is 19.5 Å². The fourth-order valence-corrected chi connectivity index (χ4v) is 5.50. The first-order chi connectivity index (χ1) is 14.9. The molecule has 2 heterocycles. The molecular formula is C23H29N5O3. The Labute approximate surface area is 181 Å². The van der Waals surface area contributed by atoms with Gasteiger partial charge < -0.3 is 15.5 Å². The lowest BCUT2D eigenvalue weighted by atomic mass is 9.78. The number of nitrogens with one attached hydrogen (secondary N) is 3. The standard InChI is InChI=1S/C23H29N5O3/c1-14(29)25-23(9-10-23)11-20(30)28-12-15-5-4-8-18(17(15)13-28)24-22(31)21-16-6-2-3-7-19(16)26-27-21/h2-3,6-7,15,17-18H,4-5,8-13H2,1H3,(H,24,31)(H,25,29)(H,26,27). The molecule has 1 aromatic carbocycles. The van der Waals surface area contributed by atoms with E-state index in [2.05, 4.69) is 20.8 Å². The van der Waals surface area contributed by atoms with Crippen LogP contribution in [0.15, 0.2) is 24.3 Å². The van der Waals surface area contributed by atoms with Gasteiger partial charge in [-0.2, -0.15) is 5.10 Å². The lowest BCUT2D eigenvalue weighted by Crippen LogP contribution is -2.46. The average molecular weight is 424 g/mol. The van der Waals surface area contributed by atoms with Gasteiger partial charge in [0.15, 0.2) is 5.69 Å². The first-order valence-electron chi connectivity index (χ1n) is 11.2. The molecule has 2 saturated carbocycles. The van der Waals surface area contributed by atoms with E-state index in [4.69, 9.17) is 0 Å². The number of benzene rings is 1. The molecule has 164 valence electrons. The molecule has 0 bridgehead atoms. The van der Waals surface area contributed by atoms with Crippen LogP contribution in [0.4, 0.5) is 0 Å². The Morgan fingerprint density at radius 2 is 2.00 bits per heavy atom. The van der Waals surface area contributed by atoms with Gasteiger partial charge in [-0.25, -0.2) is 0 Å². The van der Waals surface area contributed by atoms with Crippen LogP contribution in [0.2, 0.25) is 0 Å². The summed E-state index contributed by atoms with van der Waals surface area (Å²) < 4.78 is 0. The Bertz CT molecular complexity index is 1030. The van der Waals surface area contributed by atoms with Crippen molar-refractivity contribution in [1.29, 1.82) is 0 Å². The third-order valence-electron chi connectivity index (χ3n) is 7.24. The van der Waals surface area contributed by atoms with Crippen LogP contribution in [-0.4, -0.2) is 57.5 Å². The smallest absolute Gasteiger partial charge is 0.272 e. The third kappa shape index (κ3) is 3.91. The zero-order chi connectivity index (χ0) is 21.6. The van der Waals surface area contributed by atoms with Crippen molar-refractivity contribution in [1.82, 2.24) is 25.7 Å². The van der Waals surface area contributed by atoms with Crippen LogP contribution >= 0.6 is 0 Å². The van der Waals surface area contributed by atoms with Crippen molar-refractivity contribution in [2.24, 2.45) is 11.8 Å². The van der Waals surface area contributed by atoms with E-state index in [0.717, 1.165) is 49.6 Å². The van der Waals surface area contributed by atoms with Crippen molar-refractivity contribution < 1.29 is 14.4 Å². The molecule has 3 atom stereocenters. The van der Waals surface area contributed by atoms with Gasteiger partial charge in [0.25, 0.3) is 5.91 Å². The summed E-state index contributed by atoms with van der Waals surface area (Å²) in [5.41, 5.74) is 0.945. The molecule has 0 spiro atoms. The maximum absolute atomic E-state index is 13.0. The number of hydrogen-bond donors (Lipinski definition) is 3. The highest BCUT2D eigenvalue weighted by Crippen LogP contribution is 2.41. The first kappa shape index (κ1) is 20.0. The fraction of sp³-hybridized carbons (Fsp3) is 0.565. The lowest BCUT2D eigenvalue weighted by Gasteiger charge is -2.33. The van der Waals surface area contributed by atoms with Crippen LogP contribution in [0.1, 0.15) is 55.9 Å². The predicted molar refractivity (Wildman–Crippen MR) is 115 cm³/mol. The van der Waals surface area contributed by atoms with Gasteiger partial charge in [0.2, 0.25) is 11.8 Å². The number of aromatic nitrogens is 2. The Morgan fingerprint density at radius 1 is 1.19 bits per heavy atom. The molecule has 3 N–H and O–H groups in total. The van der Waals surface area contributed by atoms with Gasteiger partial charge in [0.05, 0.1) is 5.52 Å². The molecule has 2 aliphatic carbocycles. The summed E-state index contributed by atoms with van der Waals surface area (Å²) in [6.45, 7) is 2.92. The van der Waals surface area contributed by atoms with Crippen molar-refractivity contribution in [2.45, 2.75) is 57.0 Å². The van der Waals surface area contributed by atoms with Crippen molar-refractivity contribution in [2.75, 3.05) is 13.1 Å². The number of amides is 3. The molecule has 5 rings (SSSR count). The van der Waals surface area contributed by atoms with Crippen LogP contribution in [0.3, 0.4) is 0 Å². The maximum Gasteiger partial charge on any atom is 0.272 e. The summed E-state index contributed by atoms with van der Waals surface area (Å²) in [7, 11) is 0. The van der Waals surface area contributed by atoms with E-state index in [9.17, 15) is 14.4 Å². The Balaban J connectivity index is 1.24. The molecular weight excluding hydrogens is 394 g/mol. The SMILES string of the molecule is CC(=O)NC1(CC(=O)N2CC3CCCC(NC(=O)c4n[nH]c5ccccc45)C3C2)CC1. The summed E-state index contributed by atoms with van der Waals surface area (Å²) in [5, 5.41) is 14.1. The molecule has 3 fully saturated rings. The number of para-hydroxylation sites is 1. The van der Waals surface area contributed by atoms with E-state index in [-0.39, 0.29) is 35.2 Å². The van der Waals surface area contributed by atoms with E-state index < -0.39 is 0 Å². The van der Waals surface area contributed by atoms with E-state index in [1.54, 1.807) is 0 Å². The van der Waals surface area contributed by atoms with Crippen molar-refractivity contribution >= 4 is 28.6 Å². The topological polar surface area (TPSA) is 107 Å². The molecule has 1 aromatic heterocycles. The molecule has 1 aliphatic heterocycles. The minimum Gasteiger partial charge on any atom is -0.350 e. The molecule has 8 nitrogen and oxygen atoms in total. The Hall–Kier alpha value is -2.90. The number of H-pyrrole nitrogens is 1. The first-order valence-corrected chi connectivity index (χ1v) is 11.2. The van der Waals surface area contributed by atoms with Crippen LogP contribution in [0.5, 0.6) is 0 Å². The molecule has 31 heavy (non-hydrogen) atoms. The molecule has 1 saturated heterocycles. The largest absolute Gasteiger partial charge is 0.350 e. The predicted octanol–water partition coefficient (Wildman–Crippen LogP) is 1.98. The third-order valence-corrected chi connectivity index (χ3v) is 7.24. The number of carbonyl (C=O) groups is 3. The molecule has 3 aliphatic rings. The maximum atomic E-state index is 13.0. The zero-order valence-corrected chi connectivity index (χ0v) is 17.8. The number of likely N-dealkylation sites (tertiary alicyclic amines) is 1. The number of nitrogens with zero attached hydrogens (tertiary/aromatic N) is 2. The number of carbonyl (C=O) groups excluding carboxylic acids is 3.